The van der Waals surface area contributed by atoms with Crippen molar-refractivity contribution in [2.75, 3.05) is 6.54 Å². The van der Waals surface area contributed by atoms with E-state index in [2.05, 4.69) is 25.4 Å². The molecule has 0 saturated carbocycles. The van der Waals surface area contributed by atoms with E-state index in [-0.39, 0.29) is 12.4 Å². The highest BCUT2D eigenvalue weighted by atomic mass is 35.5. The maximum absolute atomic E-state index is 5.22. The normalized spacial score (nSPS) is 18.2. The van der Waals surface area contributed by atoms with Crippen molar-refractivity contribution in [3.05, 3.63) is 24.5 Å². The molecular formula is C12H16ClN5O. The average molecular weight is 282 g/mol. The van der Waals surface area contributed by atoms with E-state index in [0.29, 0.717) is 23.5 Å². The molecule has 0 aromatic carbocycles. The zero-order valence-corrected chi connectivity index (χ0v) is 11.3. The van der Waals surface area contributed by atoms with Gasteiger partial charge in [-0.05, 0) is 25.8 Å². The van der Waals surface area contributed by atoms with Crippen molar-refractivity contribution < 1.29 is 4.52 Å². The Balaban J connectivity index is 0.00000133. The fourth-order valence-corrected chi connectivity index (χ4v) is 2.18. The summed E-state index contributed by atoms with van der Waals surface area (Å²) < 4.78 is 5.22. The molecular weight excluding hydrogens is 266 g/mol. The number of hydrogen-bond donors (Lipinski definition) is 1. The molecule has 3 heterocycles. The molecule has 1 N–H and O–H groups in total. The summed E-state index contributed by atoms with van der Waals surface area (Å²) in [7, 11) is 0. The van der Waals surface area contributed by atoms with Crippen molar-refractivity contribution >= 4 is 12.4 Å². The zero-order chi connectivity index (χ0) is 12.2. The van der Waals surface area contributed by atoms with Gasteiger partial charge in [0.15, 0.2) is 0 Å². The topological polar surface area (TPSA) is 76.7 Å². The van der Waals surface area contributed by atoms with Crippen LogP contribution in [0.4, 0.5) is 0 Å². The third-order valence-corrected chi connectivity index (χ3v) is 3.13. The first-order valence-corrected chi connectivity index (χ1v) is 6.24. The molecule has 2 aromatic heterocycles. The number of aryl methyl sites for hydroxylation is 1. The monoisotopic (exact) mass is 281 g/mol. The van der Waals surface area contributed by atoms with Crippen molar-refractivity contribution in [1.82, 2.24) is 25.4 Å². The zero-order valence-electron chi connectivity index (χ0n) is 10.5. The number of nitrogens with one attached hydrogen (secondary N) is 1. The summed E-state index contributed by atoms with van der Waals surface area (Å²) in [5, 5.41) is 7.38. The summed E-state index contributed by atoms with van der Waals surface area (Å²) >= 11 is 0. The maximum atomic E-state index is 5.22. The van der Waals surface area contributed by atoms with Crippen molar-refractivity contribution in [3.8, 4) is 11.5 Å². The second-order valence-electron chi connectivity index (χ2n) is 4.43. The second kappa shape index (κ2) is 6.58. The first-order valence-electron chi connectivity index (χ1n) is 6.24. The molecule has 102 valence electrons. The molecule has 0 bridgehead atoms. The van der Waals surface area contributed by atoms with Crippen LogP contribution in [-0.4, -0.2) is 32.7 Å². The highest BCUT2D eigenvalue weighted by Crippen LogP contribution is 2.14. The van der Waals surface area contributed by atoms with E-state index in [1.807, 2.05) is 0 Å². The van der Waals surface area contributed by atoms with Gasteiger partial charge in [0, 0.05) is 24.9 Å². The van der Waals surface area contributed by atoms with Gasteiger partial charge in [-0.2, -0.15) is 4.98 Å². The largest absolute Gasteiger partial charge is 0.339 e. The molecule has 0 radical (unpaired) electrons. The highest BCUT2D eigenvalue weighted by Gasteiger charge is 2.16. The minimum Gasteiger partial charge on any atom is -0.339 e. The van der Waals surface area contributed by atoms with Gasteiger partial charge in [-0.3, -0.25) is 4.98 Å². The van der Waals surface area contributed by atoms with Gasteiger partial charge in [-0.25, -0.2) is 4.98 Å². The summed E-state index contributed by atoms with van der Waals surface area (Å²) in [5.41, 5.74) is 0.645. The molecule has 1 unspecified atom stereocenters. The average Bonchev–Trinajstić information content (AvgIpc) is 3.09. The summed E-state index contributed by atoms with van der Waals surface area (Å²) in [6.45, 7) is 1.12. The molecule has 1 aliphatic heterocycles. The fourth-order valence-electron chi connectivity index (χ4n) is 2.18. The Morgan fingerprint density at radius 1 is 1.37 bits per heavy atom. The predicted molar refractivity (Wildman–Crippen MR) is 71.9 cm³/mol. The van der Waals surface area contributed by atoms with Crippen LogP contribution in [0.15, 0.2) is 23.1 Å². The number of aromatic nitrogens is 4. The van der Waals surface area contributed by atoms with Crippen LogP contribution in [0.2, 0.25) is 0 Å². The maximum Gasteiger partial charge on any atom is 0.227 e. The van der Waals surface area contributed by atoms with Crippen LogP contribution < -0.4 is 5.32 Å². The Labute approximate surface area is 117 Å². The molecule has 19 heavy (non-hydrogen) atoms. The van der Waals surface area contributed by atoms with Gasteiger partial charge < -0.3 is 9.84 Å². The number of hydrogen-bond acceptors (Lipinski definition) is 6. The lowest BCUT2D eigenvalue weighted by Crippen LogP contribution is -2.21. The van der Waals surface area contributed by atoms with Crippen LogP contribution in [0.1, 0.15) is 25.2 Å². The Hall–Kier alpha value is -1.53. The van der Waals surface area contributed by atoms with Crippen LogP contribution in [0, 0.1) is 0 Å². The standard InChI is InChI=1S/C12H15N5O.ClH/c1-2-9(14-5-1)3-4-11-16-12(17-18-11)10-8-13-6-7-15-10;/h6-9,14H,1-5H2;1H. The quantitative estimate of drug-likeness (QED) is 0.918. The molecule has 1 atom stereocenters. The van der Waals surface area contributed by atoms with Gasteiger partial charge in [0.05, 0.1) is 6.20 Å². The smallest absolute Gasteiger partial charge is 0.227 e. The van der Waals surface area contributed by atoms with Crippen molar-refractivity contribution in [3.63, 3.8) is 0 Å². The Bertz CT molecular complexity index is 498. The summed E-state index contributed by atoms with van der Waals surface area (Å²) in [4.78, 5) is 12.5. The summed E-state index contributed by atoms with van der Waals surface area (Å²) in [6, 6.07) is 0.594. The first-order chi connectivity index (χ1) is 8.92. The molecule has 1 saturated heterocycles. The van der Waals surface area contributed by atoms with Gasteiger partial charge in [0.2, 0.25) is 11.7 Å². The van der Waals surface area contributed by atoms with Crippen molar-refractivity contribution in [2.45, 2.75) is 31.7 Å². The van der Waals surface area contributed by atoms with E-state index >= 15 is 0 Å². The van der Waals surface area contributed by atoms with E-state index in [4.69, 9.17) is 4.52 Å². The van der Waals surface area contributed by atoms with Crippen LogP contribution in [0.25, 0.3) is 11.5 Å². The number of rotatable bonds is 4. The van der Waals surface area contributed by atoms with E-state index in [1.54, 1.807) is 18.6 Å². The van der Waals surface area contributed by atoms with Crippen molar-refractivity contribution in [1.29, 1.82) is 0 Å². The van der Waals surface area contributed by atoms with Crippen LogP contribution in [0.3, 0.4) is 0 Å². The molecule has 0 amide bonds. The van der Waals surface area contributed by atoms with Crippen LogP contribution in [0.5, 0.6) is 0 Å². The third kappa shape index (κ3) is 3.48. The predicted octanol–water partition coefficient (Wildman–Crippen LogP) is 1.63. The third-order valence-electron chi connectivity index (χ3n) is 3.13. The van der Waals surface area contributed by atoms with Gasteiger partial charge in [-0.1, -0.05) is 5.16 Å². The van der Waals surface area contributed by atoms with Crippen LogP contribution in [-0.2, 0) is 6.42 Å². The molecule has 0 aliphatic carbocycles. The van der Waals surface area contributed by atoms with E-state index in [9.17, 15) is 0 Å². The Morgan fingerprint density at radius 2 is 2.32 bits per heavy atom. The number of nitrogens with zero attached hydrogens (tertiary/aromatic N) is 4. The van der Waals surface area contributed by atoms with E-state index in [1.165, 1.54) is 12.8 Å². The lowest BCUT2D eigenvalue weighted by molar-refractivity contribution is 0.368. The number of halogens is 1. The molecule has 3 rings (SSSR count). The Kier molecular flexibility index (Phi) is 4.81. The van der Waals surface area contributed by atoms with Gasteiger partial charge in [0.25, 0.3) is 0 Å². The minimum absolute atomic E-state index is 0. The van der Waals surface area contributed by atoms with Crippen molar-refractivity contribution in [2.24, 2.45) is 0 Å². The Morgan fingerprint density at radius 3 is 3.05 bits per heavy atom. The van der Waals surface area contributed by atoms with Gasteiger partial charge in [0.1, 0.15) is 5.69 Å². The second-order valence-corrected chi connectivity index (χ2v) is 4.43. The van der Waals surface area contributed by atoms with E-state index in [0.717, 1.165) is 19.4 Å². The first kappa shape index (κ1) is 13.9. The summed E-state index contributed by atoms with van der Waals surface area (Å²) in [5.74, 6) is 1.18. The summed E-state index contributed by atoms with van der Waals surface area (Å²) in [6.07, 6.45) is 9.23. The van der Waals surface area contributed by atoms with Gasteiger partial charge >= 0.3 is 0 Å². The SMILES string of the molecule is Cl.c1cnc(-c2noc(CCC3CCCN3)n2)cn1. The molecule has 1 fully saturated rings. The molecule has 7 heteroatoms. The van der Waals surface area contributed by atoms with Crippen LogP contribution >= 0.6 is 12.4 Å². The molecule has 1 aliphatic rings. The molecule has 0 spiro atoms. The molecule has 6 nitrogen and oxygen atoms in total. The highest BCUT2D eigenvalue weighted by molar-refractivity contribution is 5.85. The lowest BCUT2D eigenvalue weighted by Gasteiger charge is -2.06. The lowest BCUT2D eigenvalue weighted by atomic mass is 10.1. The minimum atomic E-state index is 0. The fraction of sp³-hybridized carbons (Fsp3) is 0.500. The molecule has 2 aromatic rings. The van der Waals surface area contributed by atoms with Gasteiger partial charge in [-0.15, -0.1) is 12.4 Å². The van der Waals surface area contributed by atoms with E-state index < -0.39 is 0 Å².